The van der Waals surface area contributed by atoms with Crippen LogP contribution >= 0.6 is 23.4 Å². The summed E-state index contributed by atoms with van der Waals surface area (Å²) < 4.78 is 52.7. The van der Waals surface area contributed by atoms with Gasteiger partial charge < -0.3 is 24.8 Å². The normalized spacial score (nSPS) is 24.9. The molecular weight excluding hydrogens is 499 g/mol. The number of halogens is 4. The minimum Gasteiger partial charge on any atom is -0.496 e. The van der Waals surface area contributed by atoms with Gasteiger partial charge in [0, 0.05) is 10.6 Å². The third-order valence-corrected chi connectivity index (χ3v) is 6.74. The Morgan fingerprint density at radius 3 is 2.50 bits per heavy atom. The zero-order chi connectivity index (χ0) is 24.6. The molecule has 0 aliphatic carbocycles. The summed E-state index contributed by atoms with van der Waals surface area (Å²) in [6.45, 7) is -0.565. The smallest absolute Gasteiger partial charge is 0.194 e. The Bertz CT molecular complexity index is 1160. The SMILES string of the molecule is COc1ccc(Cl)cc1S[C@@H]1OC(CO)[C@H](O)C(n2cc(-c3cc(F)c(F)c(F)c3)nn2)C1O. The van der Waals surface area contributed by atoms with Crippen molar-refractivity contribution in [2.45, 2.75) is 34.7 Å². The van der Waals surface area contributed by atoms with Crippen molar-refractivity contribution in [2.75, 3.05) is 13.7 Å². The highest BCUT2D eigenvalue weighted by Gasteiger charge is 2.46. The van der Waals surface area contributed by atoms with Gasteiger partial charge in [-0.25, -0.2) is 17.9 Å². The molecule has 2 aromatic carbocycles. The highest BCUT2D eigenvalue weighted by atomic mass is 35.5. The topological polar surface area (TPSA) is 110 Å². The first-order valence-corrected chi connectivity index (χ1v) is 11.2. The number of ether oxygens (including phenoxy) is 2. The molecule has 5 atom stereocenters. The molecule has 0 bridgehead atoms. The molecule has 0 amide bonds. The average Bonchev–Trinajstić information content (AvgIpc) is 3.29. The highest BCUT2D eigenvalue weighted by molar-refractivity contribution is 8.00. The van der Waals surface area contributed by atoms with E-state index >= 15 is 0 Å². The second-order valence-electron chi connectivity index (χ2n) is 7.45. The van der Waals surface area contributed by atoms with Crippen molar-refractivity contribution in [2.24, 2.45) is 0 Å². The molecule has 3 aromatic rings. The standard InChI is InChI=1S/C21H19ClF3N3O5S/c1-32-14-3-2-10(22)6-16(14)34-21-20(31)18(19(30)15(8-29)33-21)28-7-13(26-27-28)9-4-11(23)17(25)12(24)5-9/h2-7,15,18-21,29-31H,8H2,1H3/t15?,18?,19-,20?,21-/m0/s1. The number of aliphatic hydroxyl groups excluding tert-OH is 3. The van der Waals surface area contributed by atoms with Crippen LogP contribution in [0.5, 0.6) is 5.75 Å². The van der Waals surface area contributed by atoms with E-state index in [0.717, 1.165) is 28.6 Å². The Morgan fingerprint density at radius 2 is 1.85 bits per heavy atom. The fourth-order valence-electron chi connectivity index (χ4n) is 3.60. The van der Waals surface area contributed by atoms with Gasteiger partial charge in [-0.15, -0.1) is 5.10 Å². The summed E-state index contributed by atoms with van der Waals surface area (Å²) in [7, 11) is 1.46. The van der Waals surface area contributed by atoms with Crippen LogP contribution in [0.15, 0.2) is 41.4 Å². The lowest BCUT2D eigenvalue weighted by Gasteiger charge is -2.41. The van der Waals surface area contributed by atoms with Crippen LogP contribution in [0, 0.1) is 17.5 Å². The minimum absolute atomic E-state index is 0.0232. The molecule has 3 unspecified atom stereocenters. The number of thioether (sulfide) groups is 1. The molecule has 0 radical (unpaired) electrons. The van der Waals surface area contributed by atoms with E-state index < -0.39 is 53.8 Å². The summed E-state index contributed by atoms with van der Waals surface area (Å²) in [6.07, 6.45) is -2.63. The fourth-order valence-corrected chi connectivity index (χ4v) is 5.05. The van der Waals surface area contributed by atoms with Crippen molar-refractivity contribution < 1.29 is 38.0 Å². The van der Waals surface area contributed by atoms with Gasteiger partial charge in [0.1, 0.15) is 41.2 Å². The van der Waals surface area contributed by atoms with Crippen LogP contribution in [-0.2, 0) is 4.74 Å². The predicted octanol–water partition coefficient (Wildman–Crippen LogP) is 2.80. The number of hydrogen-bond acceptors (Lipinski definition) is 8. The lowest BCUT2D eigenvalue weighted by molar-refractivity contribution is -0.178. The molecule has 1 fully saturated rings. The monoisotopic (exact) mass is 517 g/mol. The molecule has 1 saturated heterocycles. The first kappa shape index (κ1) is 24.8. The molecule has 1 aliphatic heterocycles. The third-order valence-electron chi connectivity index (χ3n) is 5.31. The van der Waals surface area contributed by atoms with Gasteiger partial charge >= 0.3 is 0 Å². The van der Waals surface area contributed by atoms with Crippen molar-refractivity contribution in [1.29, 1.82) is 0 Å². The van der Waals surface area contributed by atoms with Crippen LogP contribution in [0.25, 0.3) is 11.3 Å². The third kappa shape index (κ3) is 4.74. The van der Waals surface area contributed by atoms with Gasteiger partial charge in [0.15, 0.2) is 17.5 Å². The number of aliphatic hydroxyl groups is 3. The van der Waals surface area contributed by atoms with Gasteiger partial charge in [0.25, 0.3) is 0 Å². The molecule has 0 spiro atoms. The van der Waals surface area contributed by atoms with Crippen LogP contribution in [0.3, 0.4) is 0 Å². The lowest BCUT2D eigenvalue weighted by Crippen LogP contribution is -2.55. The number of methoxy groups -OCH3 is 1. The molecule has 182 valence electrons. The summed E-state index contributed by atoms with van der Waals surface area (Å²) >= 11 is 7.13. The van der Waals surface area contributed by atoms with Crippen molar-refractivity contribution in [3.8, 4) is 17.0 Å². The molecular formula is C21H19ClF3N3O5S. The zero-order valence-corrected chi connectivity index (χ0v) is 19.1. The summed E-state index contributed by atoms with van der Waals surface area (Å²) in [4.78, 5) is 0.544. The summed E-state index contributed by atoms with van der Waals surface area (Å²) in [6, 6.07) is 5.24. The van der Waals surface area contributed by atoms with Gasteiger partial charge in [0.05, 0.1) is 24.8 Å². The maximum atomic E-state index is 13.6. The molecule has 34 heavy (non-hydrogen) atoms. The maximum absolute atomic E-state index is 13.6. The predicted molar refractivity (Wildman–Crippen MR) is 116 cm³/mol. The largest absolute Gasteiger partial charge is 0.496 e. The van der Waals surface area contributed by atoms with E-state index in [1.807, 2.05) is 0 Å². The molecule has 1 aromatic heterocycles. The van der Waals surface area contributed by atoms with Gasteiger partial charge in [0.2, 0.25) is 0 Å². The number of aromatic nitrogens is 3. The maximum Gasteiger partial charge on any atom is 0.194 e. The quantitative estimate of drug-likeness (QED) is 0.428. The second kappa shape index (κ2) is 10.1. The van der Waals surface area contributed by atoms with Crippen molar-refractivity contribution in [1.82, 2.24) is 15.0 Å². The lowest BCUT2D eigenvalue weighted by atomic mass is 9.97. The van der Waals surface area contributed by atoms with E-state index in [-0.39, 0.29) is 11.3 Å². The number of rotatable bonds is 6. The van der Waals surface area contributed by atoms with Crippen LogP contribution in [-0.4, -0.2) is 67.8 Å². The van der Waals surface area contributed by atoms with Crippen molar-refractivity contribution >= 4 is 23.4 Å². The van der Waals surface area contributed by atoms with Gasteiger partial charge in [-0.05, 0) is 30.3 Å². The Morgan fingerprint density at radius 1 is 1.15 bits per heavy atom. The minimum atomic E-state index is -1.62. The first-order chi connectivity index (χ1) is 16.2. The molecule has 2 heterocycles. The van der Waals surface area contributed by atoms with Crippen LogP contribution in [0.1, 0.15) is 6.04 Å². The highest BCUT2D eigenvalue weighted by Crippen LogP contribution is 2.42. The number of benzene rings is 2. The molecule has 4 rings (SSSR count). The van der Waals surface area contributed by atoms with Gasteiger partial charge in [-0.1, -0.05) is 28.6 Å². The Balaban J connectivity index is 1.65. The van der Waals surface area contributed by atoms with Crippen LogP contribution in [0.2, 0.25) is 5.02 Å². The number of nitrogens with zero attached hydrogens (tertiary/aromatic N) is 3. The second-order valence-corrected chi connectivity index (χ2v) is 9.02. The van der Waals surface area contributed by atoms with E-state index in [0.29, 0.717) is 15.7 Å². The molecule has 0 saturated carbocycles. The van der Waals surface area contributed by atoms with E-state index in [1.54, 1.807) is 18.2 Å². The van der Waals surface area contributed by atoms with Gasteiger partial charge in [-0.2, -0.15) is 0 Å². The molecule has 13 heteroatoms. The van der Waals surface area contributed by atoms with E-state index in [1.165, 1.54) is 13.3 Å². The summed E-state index contributed by atoms with van der Waals surface area (Å²) in [5, 5.41) is 39.6. The fraction of sp³-hybridized carbons (Fsp3) is 0.333. The molecule has 1 aliphatic rings. The first-order valence-electron chi connectivity index (χ1n) is 9.93. The zero-order valence-electron chi connectivity index (χ0n) is 17.5. The summed E-state index contributed by atoms with van der Waals surface area (Å²) in [5.41, 5.74) is -1.11. The van der Waals surface area contributed by atoms with Crippen LogP contribution in [0.4, 0.5) is 13.2 Å². The average molecular weight is 518 g/mol. The van der Waals surface area contributed by atoms with E-state index in [4.69, 9.17) is 21.1 Å². The molecule has 3 N–H and O–H groups in total. The Hall–Kier alpha value is -2.35. The van der Waals surface area contributed by atoms with Crippen molar-refractivity contribution in [3.63, 3.8) is 0 Å². The van der Waals surface area contributed by atoms with E-state index in [2.05, 4.69) is 10.3 Å². The van der Waals surface area contributed by atoms with E-state index in [9.17, 15) is 28.5 Å². The molecule has 8 nitrogen and oxygen atoms in total. The van der Waals surface area contributed by atoms with Crippen molar-refractivity contribution in [3.05, 3.63) is 59.0 Å². The van der Waals surface area contributed by atoms with Crippen LogP contribution < -0.4 is 4.74 Å². The number of hydrogen-bond donors (Lipinski definition) is 3. The Labute approximate surface area is 200 Å². The summed E-state index contributed by atoms with van der Waals surface area (Å²) in [5.74, 6) is -3.95. The Kier molecular flexibility index (Phi) is 7.36. The van der Waals surface area contributed by atoms with Gasteiger partial charge in [-0.3, -0.25) is 0 Å².